The van der Waals surface area contributed by atoms with Crippen molar-refractivity contribution in [3.63, 3.8) is 0 Å². The standard InChI is InChI=1S/C17H24N2O2/c1-3-21-17(20)19-12-15-9-10-18(16(15)13(19)2)11-14-7-5-4-6-8-14/h4-8,13,15-16H,3,9-12H2,1-2H3. The SMILES string of the molecule is CCOC(=O)N1CC2CCN(Cc3ccccc3)C2C1C. The van der Waals surface area contributed by atoms with E-state index in [9.17, 15) is 4.79 Å². The first kappa shape index (κ1) is 14.4. The summed E-state index contributed by atoms with van der Waals surface area (Å²) < 4.78 is 5.18. The van der Waals surface area contributed by atoms with E-state index in [-0.39, 0.29) is 12.1 Å². The molecule has 0 radical (unpaired) electrons. The summed E-state index contributed by atoms with van der Waals surface area (Å²) in [6, 6.07) is 11.3. The quantitative estimate of drug-likeness (QED) is 0.857. The van der Waals surface area contributed by atoms with Crippen LogP contribution in [0.25, 0.3) is 0 Å². The molecule has 2 heterocycles. The van der Waals surface area contributed by atoms with Crippen LogP contribution in [-0.4, -0.2) is 47.7 Å². The molecule has 3 unspecified atom stereocenters. The van der Waals surface area contributed by atoms with Crippen LogP contribution in [0.5, 0.6) is 0 Å². The lowest BCUT2D eigenvalue weighted by atomic mass is 10.0. The lowest BCUT2D eigenvalue weighted by Crippen LogP contribution is -2.44. The van der Waals surface area contributed by atoms with Gasteiger partial charge in [-0.1, -0.05) is 30.3 Å². The number of hydrogen-bond acceptors (Lipinski definition) is 3. The first-order valence-electron chi connectivity index (χ1n) is 7.92. The number of benzene rings is 1. The zero-order chi connectivity index (χ0) is 14.8. The van der Waals surface area contributed by atoms with Crippen molar-refractivity contribution in [2.24, 2.45) is 5.92 Å². The number of hydrogen-bond donors (Lipinski definition) is 0. The fourth-order valence-electron chi connectivity index (χ4n) is 3.90. The number of likely N-dealkylation sites (tertiary alicyclic amines) is 2. The topological polar surface area (TPSA) is 32.8 Å². The van der Waals surface area contributed by atoms with Crippen molar-refractivity contribution in [3.05, 3.63) is 35.9 Å². The van der Waals surface area contributed by atoms with Crippen LogP contribution >= 0.6 is 0 Å². The average molecular weight is 288 g/mol. The summed E-state index contributed by atoms with van der Waals surface area (Å²) >= 11 is 0. The monoisotopic (exact) mass is 288 g/mol. The number of fused-ring (bicyclic) bond motifs is 1. The van der Waals surface area contributed by atoms with Gasteiger partial charge in [-0.25, -0.2) is 4.79 Å². The van der Waals surface area contributed by atoms with Gasteiger partial charge in [0, 0.05) is 25.2 Å². The number of carbonyl (C=O) groups is 1. The molecule has 2 saturated heterocycles. The molecule has 0 aromatic heterocycles. The molecule has 1 aromatic rings. The highest BCUT2D eigenvalue weighted by Crippen LogP contribution is 2.36. The normalized spacial score (nSPS) is 28.7. The second-order valence-electron chi connectivity index (χ2n) is 6.09. The Labute approximate surface area is 126 Å². The van der Waals surface area contributed by atoms with Gasteiger partial charge in [0.1, 0.15) is 0 Å². The smallest absolute Gasteiger partial charge is 0.410 e. The summed E-state index contributed by atoms with van der Waals surface area (Å²) in [4.78, 5) is 16.5. The molecular weight excluding hydrogens is 264 g/mol. The highest BCUT2D eigenvalue weighted by atomic mass is 16.6. The molecule has 0 saturated carbocycles. The maximum Gasteiger partial charge on any atom is 0.410 e. The van der Waals surface area contributed by atoms with Crippen molar-refractivity contribution in [3.8, 4) is 0 Å². The lowest BCUT2D eigenvalue weighted by molar-refractivity contribution is 0.0933. The van der Waals surface area contributed by atoms with E-state index in [1.54, 1.807) is 0 Å². The van der Waals surface area contributed by atoms with Crippen LogP contribution < -0.4 is 0 Å². The van der Waals surface area contributed by atoms with Gasteiger partial charge in [0.15, 0.2) is 0 Å². The van der Waals surface area contributed by atoms with Gasteiger partial charge in [-0.05, 0) is 38.3 Å². The maximum atomic E-state index is 12.0. The van der Waals surface area contributed by atoms with E-state index in [0.29, 0.717) is 18.6 Å². The van der Waals surface area contributed by atoms with Gasteiger partial charge in [0.2, 0.25) is 0 Å². The minimum atomic E-state index is -0.154. The van der Waals surface area contributed by atoms with Gasteiger partial charge < -0.3 is 9.64 Å². The lowest BCUT2D eigenvalue weighted by Gasteiger charge is -2.30. The van der Waals surface area contributed by atoms with Gasteiger partial charge in [-0.15, -0.1) is 0 Å². The van der Waals surface area contributed by atoms with Crippen LogP contribution in [0.15, 0.2) is 30.3 Å². The number of ether oxygens (including phenoxy) is 1. The van der Waals surface area contributed by atoms with E-state index in [1.807, 2.05) is 11.8 Å². The maximum absolute atomic E-state index is 12.0. The van der Waals surface area contributed by atoms with Gasteiger partial charge in [-0.3, -0.25) is 4.90 Å². The zero-order valence-electron chi connectivity index (χ0n) is 12.9. The van der Waals surface area contributed by atoms with Crippen LogP contribution in [0, 0.1) is 5.92 Å². The Balaban J connectivity index is 1.69. The molecule has 2 aliphatic heterocycles. The van der Waals surface area contributed by atoms with Crippen molar-refractivity contribution >= 4 is 6.09 Å². The molecule has 21 heavy (non-hydrogen) atoms. The van der Waals surface area contributed by atoms with Gasteiger partial charge in [0.25, 0.3) is 0 Å². The molecule has 2 aliphatic rings. The van der Waals surface area contributed by atoms with Gasteiger partial charge in [-0.2, -0.15) is 0 Å². The van der Waals surface area contributed by atoms with E-state index in [1.165, 1.54) is 12.0 Å². The third-order valence-corrected chi connectivity index (χ3v) is 4.84. The van der Waals surface area contributed by atoms with Crippen molar-refractivity contribution in [2.45, 2.75) is 38.9 Å². The molecule has 1 amide bonds. The largest absolute Gasteiger partial charge is 0.450 e. The summed E-state index contributed by atoms with van der Waals surface area (Å²) in [6.45, 7) is 7.42. The van der Waals surface area contributed by atoms with Crippen LogP contribution in [0.1, 0.15) is 25.8 Å². The number of carbonyl (C=O) groups excluding carboxylic acids is 1. The van der Waals surface area contributed by atoms with E-state index < -0.39 is 0 Å². The minimum Gasteiger partial charge on any atom is -0.450 e. The highest BCUT2D eigenvalue weighted by molar-refractivity contribution is 5.68. The molecular formula is C17H24N2O2. The Morgan fingerprint density at radius 1 is 1.33 bits per heavy atom. The van der Waals surface area contributed by atoms with Crippen LogP contribution in [0.4, 0.5) is 4.79 Å². The molecule has 114 valence electrons. The zero-order valence-corrected chi connectivity index (χ0v) is 12.9. The Kier molecular flexibility index (Phi) is 4.15. The minimum absolute atomic E-state index is 0.154. The van der Waals surface area contributed by atoms with Gasteiger partial charge in [0.05, 0.1) is 6.61 Å². The Hall–Kier alpha value is -1.55. The molecule has 4 nitrogen and oxygen atoms in total. The molecule has 1 aromatic carbocycles. The van der Waals surface area contributed by atoms with E-state index in [0.717, 1.165) is 19.6 Å². The predicted molar refractivity (Wildman–Crippen MR) is 81.9 cm³/mol. The molecule has 0 bridgehead atoms. The first-order chi connectivity index (χ1) is 10.2. The number of amides is 1. The van der Waals surface area contributed by atoms with E-state index in [4.69, 9.17) is 4.74 Å². The molecule has 3 rings (SSSR count). The first-order valence-corrected chi connectivity index (χ1v) is 7.92. The van der Waals surface area contributed by atoms with Crippen molar-refractivity contribution in [1.29, 1.82) is 0 Å². The van der Waals surface area contributed by atoms with Crippen LogP contribution in [0.3, 0.4) is 0 Å². The summed E-state index contributed by atoms with van der Waals surface area (Å²) in [6.07, 6.45) is 1.02. The van der Waals surface area contributed by atoms with Crippen molar-refractivity contribution in [2.75, 3.05) is 19.7 Å². The highest BCUT2D eigenvalue weighted by Gasteiger charge is 2.48. The number of rotatable bonds is 3. The van der Waals surface area contributed by atoms with Crippen molar-refractivity contribution in [1.82, 2.24) is 9.80 Å². The molecule has 3 atom stereocenters. The third-order valence-electron chi connectivity index (χ3n) is 4.84. The van der Waals surface area contributed by atoms with Crippen molar-refractivity contribution < 1.29 is 9.53 Å². The predicted octanol–water partition coefficient (Wildman–Crippen LogP) is 2.74. The Morgan fingerprint density at radius 3 is 2.81 bits per heavy atom. The third kappa shape index (κ3) is 2.77. The summed E-state index contributed by atoms with van der Waals surface area (Å²) in [5.74, 6) is 0.591. The molecule has 0 aliphatic carbocycles. The van der Waals surface area contributed by atoms with Crippen LogP contribution in [0.2, 0.25) is 0 Å². The second kappa shape index (κ2) is 6.06. The molecule has 0 spiro atoms. The number of nitrogens with zero attached hydrogens (tertiary/aromatic N) is 2. The fourth-order valence-corrected chi connectivity index (χ4v) is 3.90. The summed E-state index contributed by atoms with van der Waals surface area (Å²) in [5, 5.41) is 0. The molecule has 0 N–H and O–H groups in total. The summed E-state index contributed by atoms with van der Waals surface area (Å²) in [5.41, 5.74) is 1.35. The van der Waals surface area contributed by atoms with Crippen LogP contribution in [-0.2, 0) is 11.3 Å². The van der Waals surface area contributed by atoms with E-state index in [2.05, 4.69) is 42.2 Å². The average Bonchev–Trinajstić information content (AvgIpc) is 3.02. The fraction of sp³-hybridized carbons (Fsp3) is 0.588. The van der Waals surface area contributed by atoms with E-state index >= 15 is 0 Å². The summed E-state index contributed by atoms with van der Waals surface area (Å²) in [7, 11) is 0. The second-order valence-corrected chi connectivity index (χ2v) is 6.09. The molecule has 2 fully saturated rings. The molecule has 4 heteroatoms. The Bertz CT molecular complexity index is 491. The van der Waals surface area contributed by atoms with Gasteiger partial charge >= 0.3 is 6.09 Å². The Morgan fingerprint density at radius 2 is 2.10 bits per heavy atom.